The van der Waals surface area contributed by atoms with E-state index < -0.39 is 0 Å². The molecule has 0 aliphatic carbocycles. The Balaban J connectivity index is 1.52. The summed E-state index contributed by atoms with van der Waals surface area (Å²) in [5.74, 6) is 1.19. The number of thiazole rings is 1. The Morgan fingerprint density at radius 1 is 1.22 bits per heavy atom. The van der Waals surface area contributed by atoms with E-state index in [2.05, 4.69) is 20.1 Å². The van der Waals surface area contributed by atoms with E-state index in [1.807, 2.05) is 25.7 Å². The van der Waals surface area contributed by atoms with Crippen molar-refractivity contribution in [2.45, 2.75) is 33.6 Å². The molecule has 4 heterocycles. The molecular formula is C19H21N5O2S. The van der Waals surface area contributed by atoms with Crippen LogP contribution in [0, 0.1) is 26.7 Å². The molecule has 0 aromatic carbocycles. The van der Waals surface area contributed by atoms with Gasteiger partial charge in [-0.1, -0.05) is 5.16 Å². The SMILES string of the molecule is Cc1ncsc1C(=O)N1CCC(Cc2nccnc2-c2c(C)noc2C)C1. The maximum absolute atomic E-state index is 12.7. The molecule has 7 nitrogen and oxygen atoms in total. The summed E-state index contributed by atoms with van der Waals surface area (Å²) in [5.41, 5.74) is 6.04. The van der Waals surface area contributed by atoms with Gasteiger partial charge in [0.2, 0.25) is 0 Å². The molecule has 3 aromatic rings. The number of carbonyl (C=O) groups is 1. The van der Waals surface area contributed by atoms with Crippen LogP contribution in [-0.2, 0) is 6.42 Å². The molecule has 1 atom stereocenters. The molecule has 0 radical (unpaired) electrons. The quantitative estimate of drug-likeness (QED) is 0.688. The number of nitrogens with zero attached hydrogens (tertiary/aromatic N) is 5. The topological polar surface area (TPSA) is 85.0 Å². The Bertz CT molecular complexity index is 961. The lowest BCUT2D eigenvalue weighted by Gasteiger charge is -2.16. The maximum atomic E-state index is 12.7. The summed E-state index contributed by atoms with van der Waals surface area (Å²) in [6.07, 6.45) is 5.15. The molecule has 8 heteroatoms. The van der Waals surface area contributed by atoms with E-state index in [4.69, 9.17) is 4.52 Å². The molecule has 4 rings (SSSR count). The van der Waals surface area contributed by atoms with Gasteiger partial charge in [0.15, 0.2) is 0 Å². The fourth-order valence-corrected chi connectivity index (χ4v) is 4.42. The van der Waals surface area contributed by atoms with Crippen LogP contribution >= 0.6 is 11.3 Å². The van der Waals surface area contributed by atoms with E-state index in [1.54, 1.807) is 17.9 Å². The van der Waals surface area contributed by atoms with Gasteiger partial charge in [-0.05, 0) is 39.5 Å². The van der Waals surface area contributed by atoms with Crippen molar-refractivity contribution in [2.75, 3.05) is 13.1 Å². The summed E-state index contributed by atoms with van der Waals surface area (Å²) < 4.78 is 5.30. The number of likely N-dealkylation sites (tertiary alicyclic amines) is 1. The summed E-state index contributed by atoms with van der Waals surface area (Å²) in [5, 5.41) is 4.04. The number of amides is 1. The molecule has 27 heavy (non-hydrogen) atoms. The van der Waals surface area contributed by atoms with Gasteiger partial charge in [-0.25, -0.2) is 4.98 Å². The van der Waals surface area contributed by atoms with Gasteiger partial charge in [0, 0.05) is 25.5 Å². The van der Waals surface area contributed by atoms with Gasteiger partial charge in [0.05, 0.1) is 33.8 Å². The van der Waals surface area contributed by atoms with Crippen LogP contribution in [0.25, 0.3) is 11.3 Å². The number of hydrogen-bond donors (Lipinski definition) is 0. The lowest BCUT2D eigenvalue weighted by molar-refractivity contribution is 0.0791. The molecular weight excluding hydrogens is 362 g/mol. The lowest BCUT2D eigenvalue weighted by Crippen LogP contribution is -2.28. The smallest absolute Gasteiger partial charge is 0.265 e. The van der Waals surface area contributed by atoms with Gasteiger partial charge >= 0.3 is 0 Å². The van der Waals surface area contributed by atoms with E-state index in [0.717, 1.165) is 64.9 Å². The van der Waals surface area contributed by atoms with Crippen molar-refractivity contribution >= 4 is 17.2 Å². The van der Waals surface area contributed by atoms with Gasteiger partial charge in [0.1, 0.15) is 10.6 Å². The minimum atomic E-state index is 0.0857. The second-order valence-corrected chi connectivity index (χ2v) is 7.78. The molecule has 1 unspecified atom stereocenters. The van der Waals surface area contributed by atoms with Crippen molar-refractivity contribution in [2.24, 2.45) is 5.92 Å². The average Bonchev–Trinajstić information content (AvgIpc) is 3.37. The van der Waals surface area contributed by atoms with E-state index in [-0.39, 0.29) is 5.91 Å². The normalized spacial score (nSPS) is 16.9. The van der Waals surface area contributed by atoms with E-state index in [9.17, 15) is 4.79 Å². The van der Waals surface area contributed by atoms with Gasteiger partial charge in [-0.2, -0.15) is 0 Å². The highest BCUT2D eigenvalue weighted by Gasteiger charge is 2.30. The molecule has 0 N–H and O–H groups in total. The highest BCUT2D eigenvalue weighted by atomic mass is 32.1. The zero-order valence-electron chi connectivity index (χ0n) is 15.6. The molecule has 3 aromatic heterocycles. The number of carbonyl (C=O) groups excluding carboxylic acids is 1. The molecule has 140 valence electrons. The highest BCUT2D eigenvalue weighted by Crippen LogP contribution is 2.30. The van der Waals surface area contributed by atoms with Crippen LogP contribution in [-0.4, -0.2) is 44.0 Å². The largest absolute Gasteiger partial charge is 0.361 e. The van der Waals surface area contributed by atoms with Crippen molar-refractivity contribution in [3.8, 4) is 11.3 Å². The third kappa shape index (κ3) is 3.37. The summed E-state index contributed by atoms with van der Waals surface area (Å²) in [4.78, 5) is 28.7. The first kappa shape index (κ1) is 17.8. The molecule has 0 saturated carbocycles. The maximum Gasteiger partial charge on any atom is 0.265 e. The number of aryl methyl sites for hydroxylation is 3. The molecule has 1 aliphatic heterocycles. The summed E-state index contributed by atoms with van der Waals surface area (Å²) in [7, 11) is 0. The van der Waals surface area contributed by atoms with Crippen molar-refractivity contribution in [3.05, 3.63) is 45.6 Å². The van der Waals surface area contributed by atoms with Crippen LogP contribution in [0.5, 0.6) is 0 Å². The van der Waals surface area contributed by atoms with Gasteiger partial charge < -0.3 is 9.42 Å². The summed E-state index contributed by atoms with van der Waals surface area (Å²) in [6, 6.07) is 0. The molecule has 0 spiro atoms. The summed E-state index contributed by atoms with van der Waals surface area (Å²) in [6.45, 7) is 7.18. The van der Waals surface area contributed by atoms with Crippen molar-refractivity contribution < 1.29 is 9.32 Å². The molecule has 1 fully saturated rings. The third-order valence-electron chi connectivity index (χ3n) is 5.04. The minimum absolute atomic E-state index is 0.0857. The summed E-state index contributed by atoms with van der Waals surface area (Å²) >= 11 is 1.41. The van der Waals surface area contributed by atoms with Crippen LogP contribution < -0.4 is 0 Å². The first-order chi connectivity index (χ1) is 13.0. The highest BCUT2D eigenvalue weighted by molar-refractivity contribution is 7.11. The van der Waals surface area contributed by atoms with Crippen molar-refractivity contribution in [1.82, 2.24) is 25.0 Å². The van der Waals surface area contributed by atoms with Crippen LogP contribution in [0.3, 0.4) is 0 Å². The van der Waals surface area contributed by atoms with Crippen LogP contribution in [0.2, 0.25) is 0 Å². The zero-order valence-corrected chi connectivity index (χ0v) is 16.4. The van der Waals surface area contributed by atoms with E-state index in [1.165, 1.54) is 11.3 Å². The Morgan fingerprint density at radius 2 is 2.04 bits per heavy atom. The molecule has 0 bridgehead atoms. The van der Waals surface area contributed by atoms with Crippen molar-refractivity contribution in [3.63, 3.8) is 0 Å². The predicted molar refractivity (Wildman–Crippen MR) is 102 cm³/mol. The zero-order chi connectivity index (χ0) is 19.0. The second-order valence-electron chi connectivity index (χ2n) is 6.93. The Morgan fingerprint density at radius 3 is 2.74 bits per heavy atom. The monoisotopic (exact) mass is 383 g/mol. The molecule has 1 amide bonds. The van der Waals surface area contributed by atoms with Crippen LogP contribution in [0.15, 0.2) is 22.4 Å². The van der Waals surface area contributed by atoms with Gasteiger partial charge in [0.25, 0.3) is 5.91 Å². The predicted octanol–water partition coefficient (Wildman–Crippen LogP) is 3.22. The van der Waals surface area contributed by atoms with Crippen molar-refractivity contribution in [1.29, 1.82) is 0 Å². The number of rotatable bonds is 4. The van der Waals surface area contributed by atoms with Crippen LogP contribution in [0.4, 0.5) is 0 Å². The number of hydrogen-bond acceptors (Lipinski definition) is 7. The molecule has 1 saturated heterocycles. The van der Waals surface area contributed by atoms with E-state index in [0.29, 0.717) is 5.92 Å². The van der Waals surface area contributed by atoms with Crippen LogP contribution in [0.1, 0.15) is 38.9 Å². The first-order valence-corrected chi connectivity index (χ1v) is 9.85. The minimum Gasteiger partial charge on any atom is -0.361 e. The van der Waals surface area contributed by atoms with E-state index >= 15 is 0 Å². The Kier molecular flexibility index (Phi) is 4.73. The number of aromatic nitrogens is 4. The van der Waals surface area contributed by atoms with Gasteiger partial charge in [-0.15, -0.1) is 11.3 Å². The third-order valence-corrected chi connectivity index (χ3v) is 5.96. The fourth-order valence-electron chi connectivity index (χ4n) is 3.65. The van der Waals surface area contributed by atoms with Gasteiger partial charge in [-0.3, -0.25) is 14.8 Å². The fraction of sp³-hybridized carbons (Fsp3) is 0.421. The standard InChI is InChI=1S/C19H21N5O2S/c1-11-16(13(3)26-23-11)17-15(20-5-6-21-17)8-14-4-7-24(9-14)19(25)18-12(2)22-10-27-18/h5-6,10,14H,4,7-9H2,1-3H3. The lowest BCUT2D eigenvalue weighted by atomic mass is 9.98. The second kappa shape index (κ2) is 7.19. The average molecular weight is 383 g/mol. The Hall–Kier alpha value is -2.61. The Labute approximate surface area is 161 Å². The first-order valence-electron chi connectivity index (χ1n) is 8.97. The molecule has 1 aliphatic rings.